The number of carbonyl (C=O) groups excluding carboxylic acids is 1. The molecule has 2 heteroatoms. The highest BCUT2D eigenvalue weighted by Gasteiger charge is 2.28. The lowest BCUT2D eigenvalue weighted by atomic mass is 9.96. The molecule has 0 aliphatic heterocycles. The van der Waals surface area contributed by atoms with Crippen molar-refractivity contribution in [3.63, 3.8) is 0 Å². The highest BCUT2D eigenvalue weighted by molar-refractivity contribution is 5.98. The molecule has 17 heavy (non-hydrogen) atoms. The van der Waals surface area contributed by atoms with Crippen LogP contribution in [0, 0.1) is 5.92 Å². The van der Waals surface area contributed by atoms with Crippen LogP contribution >= 0.6 is 0 Å². The summed E-state index contributed by atoms with van der Waals surface area (Å²) in [7, 11) is 0. The fourth-order valence-electron chi connectivity index (χ4n) is 3.11. The van der Waals surface area contributed by atoms with Crippen molar-refractivity contribution in [2.45, 2.75) is 57.9 Å². The van der Waals surface area contributed by atoms with Crippen molar-refractivity contribution in [2.24, 2.45) is 5.92 Å². The van der Waals surface area contributed by atoms with Crippen LogP contribution < -0.4 is 0 Å². The van der Waals surface area contributed by atoms with Gasteiger partial charge >= 0.3 is 0 Å². The van der Waals surface area contributed by atoms with Crippen LogP contribution in [-0.4, -0.2) is 10.4 Å². The first kappa shape index (κ1) is 11.1. The molecule has 1 heterocycles. The Morgan fingerprint density at radius 3 is 2.94 bits per heavy atom. The Morgan fingerprint density at radius 2 is 2.24 bits per heavy atom. The third-order valence-electron chi connectivity index (χ3n) is 4.31. The summed E-state index contributed by atoms with van der Waals surface area (Å²) in [6.07, 6.45) is 10.4. The van der Waals surface area contributed by atoms with Crippen molar-refractivity contribution in [3.05, 3.63) is 23.5 Å². The molecule has 0 N–H and O–H groups in total. The molecule has 0 radical (unpaired) electrons. The Kier molecular flexibility index (Phi) is 2.81. The zero-order valence-corrected chi connectivity index (χ0v) is 10.6. The largest absolute Gasteiger partial charge is 0.348 e. The maximum absolute atomic E-state index is 11.8. The van der Waals surface area contributed by atoms with E-state index in [4.69, 9.17) is 0 Å². The summed E-state index contributed by atoms with van der Waals surface area (Å²) in [5.41, 5.74) is 2.32. The van der Waals surface area contributed by atoms with E-state index in [1.54, 1.807) is 0 Å². The van der Waals surface area contributed by atoms with Gasteiger partial charge in [-0.3, -0.25) is 4.79 Å². The maximum atomic E-state index is 11.8. The van der Waals surface area contributed by atoms with Crippen LogP contribution in [-0.2, 0) is 6.42 Å². The molecule has 1 atom stereocenters. The van der Waals surface area contributed by atoms with Crippen molar-refractivity contribution < 1.29 is 4.79 Å². The van der Waals surface area contributed by atoms with E-state index in [0.29, 0.717) is 11.8 Å². The monoisotopic (exact) mass is 231 g/mol. The van der Waals surface area contributed by atoms with Crippen molar-refractivity contribution in [3.8, 4) is 0 Å². The van der Waals surface area contributed by atoms with E-state index in [2.05, 4.69) is 17.7 Å². The number of aromatic nitrogens is 1. The molecular weight excluding hydrogens is 210 g/mol. The smallest absolute Gasteiger partial charge is 0.164 e. The van der Waals surface area contributed by atoms with Crippen LogP contribution in [0.2, 0.25) is 0 Å². The van der Waals surface area contributed by atoms with Crippen LogP contribution in [0.3, 0.4) is 0 Å². The number of hydrogen-bond donors (Lipinski definition) is 0. The molecule has 0 bridgehead atoms. The number of ketones is 1. The molecule has 92 valence electrons. The lowest BCUT2D eigenvalue weighted by molar-refractivity contribution is 0.0971. The van der Waals surface area contributed by atoms with Gasteiger partial charge < -0.3 is 4.57 Å². The Labute approximate surface area is 103 Å². The fraction of sp³-hybridized carbons (Fsp3) is 0.667. The predicted molar refractivity (Wildman–Crippen MR) is 68.4 cm³/mol. The average molecular weight is 231 g/mol. The molecule has 3 rings (SSSR count). The highest BCUT2D eigenvalue weighted by Crippen LogP contribution is 2.39. The zero-order valence-electron chi connectivity index (χ0n) is 10.6. The van der Waals surface area contributed by atoms with Gasteiger partial charge in [-0.25, -0.2) is 0 Å². The molecule has 2 aliphatic carbocycles. The number of hydrogen-bond acceptors (Lipinski definition) is 1. The maximum Gasteiger partial charge on any atom is 0.164 e. The standard InChI is InChI=1S/C15H21NO/c1-2-12(10-11-6-7-11)16-9-8-13-14(16)4-3-5-15(13)17/h8-9,11-12H,2-7,10H2,1H3. The summed E-state index contributed by atoms with van der Waals surface area (Å²) in [4.78, 5) is 11.8. The zero-order chi connectivity index (χ0) is 11.8. The average Bonchev–Trinajstić information content (AvgIpc) is 3.05. The van der Waals surface area contributed by atoms with Crippen LogP contribution in [0.5, 0.6) is 0 Å². The Hall–Kier alpha value is -1.05. The van der Waals surface area contributed by atoms with Crippen molar-refractivity contribution in [2.75, 3.05) is 0 Å². The second-order valence-electron chi connectivity index (χ2n) is 5.60. The Balaban J connectivity index is 1.88. The van der Waals surface area contributed by atoms with Crippen LogP contribution in [0.15, 0.2) is 12.3 Å². The van der Waals surface area contributed by atoms with Crippen molar-refractivity contribution >= 4 is 5.78 Å². The molecular formula is C15H21NO. The third-order valence-corrected chi connectivity index (χ3v) is 4.31. The number of carbonyl (C=O) groups is 1. The van der Waals surface area contributed by atoms with Gasteiger partial charge in [-0.15, -0.1) is 0 Å². The molecule has 1 saturated carbocycles. The summed E-state index contributed by atoms with van der Waals surface area (Å²) in [5.74, 6) is 1.31. The van der Waals surface area contributed by atoms with Crippen molar-refractivity contribution in [1.29, 1.82) is 0 Å². The minimum atomic E-state index is 0.353. The first-order valence-corrected chi connectivity index (χ1v) is 7.02. The predicted octanol–water partition coefficient (Wildman–Crippen LogP) is 3.76. The molecule has 1 unspecified atom stereocenters. The van der Waals surface area contributed by atoms with Gasteiger partial charge in [0.1, 0.15) is 0 Å². The summed E-state index contributed by atoms with van der Waals surface area (Å²) >= 11 is 0. The second kappa shape index (κ2) is 4.32. The van der Waals surface area contributed by atoms with E-state index in [9.17, 15) is 4.79 Å². The molecule has 1 aromatic heterocycles. The van der Waals surface area contributed by atoms with Gasteiger partial charge in [-0.1, -0.05) is 19.8 Å². The summed E-state index contributed by atoms with van der Waals surface area (Å²) in [5, 5.41) is 0. The highest BCUT2D eigenvalue weighted by atomic mass is 16.1. The quantitative estimate of drug-likeness (QED) is 0.773. The molecule has 0 saturated heterocycles. The third kappa shape index (κ3) is 2.05. The van der Waals surface area contributed by atoms with Gasteiger partial charge in [0.25, 0.3) is 0 Å². The summed E-state index contributed by atoms with van der Waals surface area (Å²) in [6, 6.07) is 2.67. The van der Waals surface area contributed by atoms with Gasteiger partial charge in [-0.05, 0) is 37.7 Å². The normalized spacial score (nSPS) is 21.4. The first-order valence-electron chi connectivity index (χ1n) is 7.02. The molecule has 0 spiro atoms. The summed E-state index contributed by atoms with van der Waals surface area (Å²) in [6.45, 7) is 2.27. The van der Waals surface area contributed by atoms with Crippen molar-refractivity contribution in [1.82, 2.24) is 4.57 Å². The first-order chi connectivity index (χ1) is 8.29. The Morgan fingerprint density at radius 1 is 1.41 bits per heavy atom. The molecule has 0 amide bonds. The van der Waals surface area contributed by atoms with E-state index >= 15 is 0 Å². The topological polar surface area (TPSA) is 22.0 Å². The number of rotatable bonds is 4. The van der Waals surface area contributed by atoms with Gasteiger partial charge in [-0.2, -0.15) is 0 Å². The van der Waals surface area contributed by atoms with Crippen LogP contribution in [0.25, 0.3) is 0 Å². The lowest BCUT2D eigenvalue weighted by Crippen LogP contribution is -2.16. The molecule has 1 aromatic rings. The number of fused-ring (bicyclic) bond motifs is 1. The van der Waals surface area contributed by atoms with Gasteiger partial charge in [0, 0.05) is 29.9 Å². The number of Topliss-reactive ketones (excluding diaryl/α,β-unsaturated/α-hetero) is 1. The SMILES string of the molecule is CCC(CC1CC1)n1ccc2c1CCCC2=O. The van der Waals surface area contributed by atoms with Crippen LogP contribution in [0.1, 0.15) is 67.5 Å². The lowest BCUT2D eigenvalue weighted by Gasteiger charge is -2.22. The minimum Gasteiger partial charge on any atom is -0.348 e. The Bertz CT molecular complexity index is 428. The fourth-order valence-corrected chi connectivity index (χ4v) is 3.11. The molecule has 0 aromatic carbocycles. The van der Waals surface area contributed by atoms with Gasteiger partial charge in [0.2, 0.25) is 0 Å². The van der Waals surface area contributed by atoms with E-state index < -0.39 is 0 Å². The second-order valence-corrected chi connectivity index (χ2v) is 5.60. The van der Waals surface area contributed by atoms with E-state index in [0.717, 1.165) is 30.7 Å². The van der Waals surface area contributed by atoms with E-state index in [-0.39, 0.29) is 0 Å². The van der Waals surface area contributed by atoms with Crippen LogP contribution in [0.4, 0.5) is 0 Å². The van der Waals surface area contributed by atoms with E-state index in [1.807, 2.05) is 6.07 Å². The molecule has 1 fully saturated rings. The van der Waals surface area contributed by atoms with Gasteiger partial charge in [0.05, 0.1) is 0 Å². The number of nitrogens with zero attached hydrogens (tertiary/aromatic N) is 1. The minimum absolute atomic E-state index is 0.353. The van der Waals surface area contributed by atoms with E-state index in [1.165, 1.54) is 31.4 Å². The van der Waals surface area contributed by atoms with Gasteiger partial charge in [0.15, 0.2) is 5.78 Å². The molecule has 2 aliphatic rings. The molecule has 2 nitrogen and oxygen atoms in total. The summed E-state index contributed by atoms with van der Waals surface area (Å²) < 4.78 is 2.41.